The molecule has 0 radical (unpaired) electrons. The molecule has 3 rings (SSSR count). The maximum absolute atomic E-state index is 2.70. The molecular weight excluding hydrogens is 318 g/mol. The van der Waals surface area contributed by atoms with E-state index in [0.717, 1.165) is 12.5 Å². The van der Waals surface area contributed by atoms with Crippen molar-refractivity contribution in [3.63, 3.8) is 0 Å². The maximum Gasteiger partial charge on any atom is 0.0236 e. The first kappa shape index (κ1) is 19.6. The van der Waals surface area contributed by atoms with Crippen LogP contribution < -0.4 is 0 Å². The lowest BCUT2D eigenvalue weighted by atomic mass is 9.95. The zero-order valence-corrected chi connectivity index (χ0v) is 17.0. The fourth-order valence-corrected chi connectivity index (χ4v) is 4.38. The number of benzene rings is 1. The molecule has 0 saturated carbocycles. The van der Waals surface area contributed by atoms with Gasteiger partial charge in [0.05, 0.1) is 0 Å². The minimum Gasteiger partial charge on any atom is -0.304 e. The summed E-state index contributed by atoms with van der Waals surface area (Å²) in [6, 6.07) is 11.0. The third-order valence-electron chi connectivity index (χ3n) is 5.79. The standard InChI is InChI=1S/C23H37N3/c1-20(2)16-23(22-9-5-4-6-10-22)19-26-11-7-8-21(18-26)17-25-14-12-24(3)13-15-25/h4-6,9-10,16,20-21H,7-8,11-15,17-19H2,1-3H3. The molecule has 2 saturated heterocycles. The monoisotopic (exact) mass is 355 g/mol. The van der Waals surface area contributed by atoms with E-state index in [1.54, 1.807) is 0 Å². The van der Waals surface area contributed by atoms with Gasteiger partial charge in [-0.15, -0.1) is 0 Å². The van der Waals surface area contributed by atoms with Gasteiger partial charge in [0, 0.05) is 45.8 Å². The smallest absolute Gasteiger partial charge is 0.0236 e. The molecule has 1 unspecified atom stereocenters. The van der Waals surface area contributed by atoms with Crippen molar-refractivity contribution in [2.75, 3.05) is 59.4 Å². The molecule has 2 aliphatic rings. The normalized spacial score (nSPS) is 24.3. The average molecular weight is 356 g/mol. The van der Waals surface area contributed by atoms with Crippen LogP contribution in [0.15, 0.2) is 36.4 Å². The van der Waals surface area contributed by atoms with E-state index in [-0.39, 0.29) is 0 Å². The second kappa shape index (κ2) is 9.68. The lowest BCUT2D eigenvalue weighted by Crippen LogP contribution is -2.48. The molecule has 0 aliphatic carbocycles. The summed E-state index contributed by atoms with van der Waals surface area (Å²) in [5, 5.41) is 0. The molecule has 2 fully saturated rings. The molecule has 0 spiro atoms. The van der Waals surface area contributed by atoms with Crippen LogP contribution in [-0.4, -0.2) is 74.1 Å². The van der Waals surface area contributed by atoms with Crippen LogP contribution in [0, 0.1) is 11.8 Å². The van der Waals surface area contributed by atoms with E-state index in [0.29, 0.717) is 5.92 Å². The predicted octanol–water partition coefficient (Wildman–Crippen LogP) is 3.69. The molecule has 2 heterocycles. The molecule has 0 N–H and O–H groups in total. The SMILES string of the molecule is CC(C)C=C(CN1CCCC(CN2CCN(C)CC2)C1)c1ccccc1. The van der Waals surface area contributed by atoms with Gasteiger partial charge in [0.25, 0.3) is 0 Å². The summed E-state index contributed by atoms with van der Waals surface area (Å²) in [4.78, 5) is 7.84. The number of likely N-dealkylation sites (tertiary alicyclic amines) is 1. The molecule has 2 aliphatic heterocycles. The van der Waals surface area contributed by atoms with Crippen molar-refractivity contribution in [1.82, 2.24) is 14.7 Å². The van der Waals surface area contributed by atoms with E-state index in [1.165, 1.54) is 69.8 Å². The molecule has 1 aromatic carbocycles. The highest BCUT2D eigenvalue weighted by Gasteiger charge is 2.24. The molecule has 0 aromatic heterocycles. The first-order valence-corrected chi connectivity index (χ1v) is 10.5. The molecule has 144 valence electrons. The van der Waals surface area contributed by atoms with Crippen molar-refractivity contribution in [1.29, 1.82) is 0 Å². The Hall–Kier alpha value is -1.16. The Labute approximate surface area is 160 Å². The number of hydrogen-bond donors (Lipinski definition) is 0. The first-order valence-electron chi connectivity index (χ1n) is 10.5. The van der Waals surface area contributed by atoms with Crippen molar-refractivity contribution < 1.29 is 0 Å². The Balaban J connectivity index is 1.57. The third kappa shape index (κ3) is 5.94. The predicted molar refractivity (Wildman–Crippen MR) is 112 cm³/mol. The number of nitrogens with zero attached hydrogens (tertiary/aromatic N) is 3. The number of rotatable bonds is 6. The summed E-state index contributed by atoms with van der Waals surface area (Å²) >= 11 is 0. The lowest BCUT2D eigenvalue weighted by Gasteiger charge is -2.38. The van der Waals surface area contributed by atoms with Crippen LogP contribution in [0.3, 0.4) is 0 Å². The average Bonchev–Trinajstić information content (AvgIpc) is 2.64. The zero-order valence-electron chi connectivity index (χ0n) is 17.0. The van der Waals surface area contributed by atoms with Gasteiger partial charge >= 0.3 is 0 Å². The topological polar surface area (TPSA) is 9.72 Å². The Bertz CT molecular complexity index is 558. The van der Waals surface area contributed by atoms with E-state index in [9.17, 15) is 0 Å². The van der Waals surface area contributed by atoms with Gasteiger partial charge in [0.1, 0.15) is 0 Å². The summed E-state index contributed by atoms with van der Waals surface area (Å²) in [6.07, 6.45) is 5.21. The largest absolute Gasteiger partial charge is 0.304 e. The van der Waals surface area contributed by atoms with Gasteiger partial charge in [-0.25, -0.2) is 0 Å². The Morgan fingerprint density at radius 2 is 1.77 bits per heavy atom. The van der Waals surface area contributed by atoms with Crippen LogP contribution in [0.4, 0.5) is 0 Å². The van der Waals surface area contributed by atoms with E-state index in [4.69, 9.17) is 0 Å². The van der Waals surface area contributed by atoms with Crippen LogP contribution in [0.5, 0.6) is 0 Å². The number of piperidine rings is 1. The zero-order chi connectivity index (χ0) is 18.4. The van der Waals surface area contributed by atoms with Crippen molar-refractivity contribution in [3.8, 4) is 0 Å². The molecule has 1 atom stereocenters. The molecule has 3 nitrogen and oxygen atoms in total. The van der Waals surface area contributed by atoms with Gasteiger partial charge in [-0.3, -0.25) is 4.90 Å². The summed E-state index contributed by atoms with van der Waals surface area (Å²) in [7, 11) is 2.24. The Morgan fingerprint density at radius 3 is 2.46 bits per heavy atom. The van der Waals surface area contributed by atoms with Gasteiger partial charge < -0.3 is 9.80 Å². The van der Waals surface area contributed by atoms with Crippen molar-refractivity contribution in [3.05, 3.63) is 42.0 Å². The van der Waals surface area contributed by atoms with E-state index >= 15 is 0 Å². The van der Waals surface area contributed by atoms with E-state index in [1.807, 2.05) is 0 Å². The quantitative estimate of drug-likeness (QED) is 0.771. The maximum atomic E-state index is 2.70. The molecule has 3 heteroatoms. The lowest BCUT2D eigenvalue weighted by molar-refractivity contribution is 0.104. The molecule has 26 heavy (non-hydrogen) atoms. The van der Waals surface area contributed by atoms with Crippen LogP contribution in [0.2, 0.25) is 0 Å². The Morgan fingerprint density at radius 1 is 1.04 bits per heavy atom. The molecule has 0 amide bonds. The number of hydrogen-bond acceptors (Lipinski definition) is 3. The van der Waals surface area contributed by atoms with E-state index in [2.05, 4.69) is 72.0 Å². The molecule has 1 aromatic rings. The minimum atomic E-state index is 0.594. The highest BCUT2D eigenvalue weighted by atomic mass is 15.2. The van der Waals surface area contributed by atoms with Crippen molar-refractivity contribution in [2.24, 2.45) is 11.8 Å². The van der Waals surface area contributed by atoms with Crippen LogP contribution in [0.1, 0.15) is 32.3 Å². The third-order valence-corrected chi connectivity index (χ3v) is 5.79. The highest BCUT2D eigenvalue weighted by Crippen LogP contribution is 2.23. The Kier molecular flexibility index (Phi) is 7.30. The van der Waals surface area contributed by atoms with Gasteiger partial charge in [-0.05, 0) is 49.4 Å². The van der Waals surface area contributed by atoms with Gasteiger partial charge in [-0.1, -0.05) is 50.3 Å². The molecular formula is C23H37N3. The number of likely N-dealkylation sites (N-methyl/N-ethyl adjacent to an activating group) is 1. The fourth-order valence-electron chi connectivity index (χ4n) is 4.38. The summed E-state index contributed by atoms with van der Waals surface area (Å²) in [6.45, 7) is 14.4. The van der Waals surface area contributed by atoms with Crippen LogP contribution >= 0.6 is 0 Å². The van der Waals surface area contributed by atoms with Gasteiger partial charge in [-0.2, -0.15) is 0 Å². The van der Waals surface area contributed by atoms with E-state index < -0.39 is 0 Å². The van der Waals surface area contributed by atoms with Crippen LogP contribution in [-0.2, 0) is 0 Å². The second-order valence-electron chi connectivity index (χ2n) is 8.65. The summed E-state index contributed by atoms with van der Waals surface area (Å²) in [5.41, 5.74) is 2.89. The first-order chi connectivity index (χ1) is 12.6. The van der Waals surface area contributed by atoms with Crippen molar-refractivity contribution in [2.45, 2.75) is 26.7 Å². The molecule has 0 bridgehead atoms. The van der Waals surface area contributed by atoms with Gasteiger partial charge in [0.2, 0.25) is 0 Å². The fraction of sp³-hybridized carbons (Fsp3) is 0.652. The highest BCUT2D eigenvalue weighted by molar-refractivity contribution is 5.67. The minimum absolute atomic E-state index is 0.594. The van der Waals surface area contributed by atoms with Crippen molar-refractivity contribution >= 4 is 5.57 Å². The number of allylic oxidation sites excluding steroid dienone is 1. The van der Waals surface area contributed by atoms with Crippen LogP contribution in [0.25, 0.3) is 5.57 Å². The summed E-state index contributed by atoms with van der Waals surface area (Å²) in [5.74, 6) is 1.43. The summed E-state index contributed by atoms with van der Waals surface area (Å²) < 4.78 is 0. The number of piperazine rings is 1. The second-order valence-corrected chi connectivity index (χ2v) is 8.65. The van der Waals surface area contributed by atoms with Gasteiger partial charge in [0.15, 0.2) is 0 Å².